The van der Waals surface area contributed by atoms with Crippen LogP contribution in [0.3, 0.4) is 0 Å². The molecule has 4 bridgehead atoms. The van der Waals surface area contributed by atoms with E-state index in [4.69, 9.17) is 25.3 Å². The highest BCUT2D eigenvalue weighted by Gasteiger charge is 2.66. The second-order valence-electron chi connectivity index (χ2n) is 31.3. The number of carbonyl (C=O) groups excluding carboxylic acids is 8. The average molecular weight is 1480 g/mol. The van der Waals surface area contributed by atoms with Crippen LogP contribution in [0.2, 0.25) is 0 Å². The maximum absolute atomic E-state index is 14.5. The van der Waals surface area contributed by atoms with Crippen molar-refractivity contribution in [1.82, 2.24) is 45.1 Å². The number of nitrogens with one attached hydrogen (secondary N) is 4. The van der Waals surface area contributed by atoms with E-state index in [-0.39, 0.29) is 122 Å². The second kappa shape index (κ2) is 32.7. The number of fused-ring (bicyclic) bond motifs is 2. The number of likely N-dealkylation sites (tertiary alicyclic amines) is 1. The molecule has 3 aromatic heterocycles. The third kappa shape index (κ3) is 18.4. The standard InChI is InChI=1S/C79H97N13O14S/c1-49(2)68(86-64(94)18-7-6-10-31-91-65(95)25-26-66(91)96)61(93)37-53(14-12-30-81-73(80)103)70(99)83-54-21-19-51(20-22-54)41-105-75(104)90(55-28-32-88(33-29-55)40-67(97)98)35-36-106-79-45-76(4)42-77(5,46-79)44-78(43-76,47-79)48-92-50(3)58(38-82-92)56-23-24-63(85-69(56)72(101)102)89-34-27-52-13-11-15-57(59(52)39-89)71(100)87-74-84-60-16-8-9-17-62(60)107-74/h8-9,11,13,15-17,19-26,38,49,53,55,68H,6-7,10,12,14,18,27-37,39-48H2,1-5H3,(H,83,99)(H,86,94)(H,97,98)(H,101,102)(H3,80,81,103)(H,84,87,100)/t53-,68+,76?,77?,78?,79?/m1/s1. The lowest BCUT2D eigenvalue weighted by atomic mass is 9.39. The molecule has 0 radical (unpaired) electrons. The van der Waals surface area contributed by atoms with Gasteiger partial charge in [0.2, 0.25) is 11.8 Å². The van der Waals surface area contributed by atoms with Crippen molar-refractivity contribution in [2.75, 3.05) is 68.0 Å². The van der Waals surface area contributed by atoms with E-state index >= 15 is 0 Å². The van der Waals surface area contributed by atoms with Crippen molar-refractivity contribution in [1.29, 1.82) is 0 Å². The van der Waals surface area contributed by atoms with Gasteiger partial charge >= 0.3 is 24.1 Å². The number of rotatable bonds is 33. The number of aromatic nitrogens is 4. The Hall–Kier alpha value is -9.93. The second-order valence-corrected chi connectivity index (χ2v) is 32.4. The number of thiazole rings is 1. The molecule has 7 aliphatic rings. The molecule has 27 nitrogen and oxygen atoms in total. The van der Waals surface area contributed by atoms with Crippen molar-refractivity contribution in [3.8, 4) is 11.1 Å². The van der Waals surface area contributed by atoms with Crippen molar-refractivity contribution in [2.45, 2.75) is 175 Å². The van der Waals surface area contributed by atoms with Crippen LogP contribution in [0.25, 0.3) is 21.3 Å². The van der Waals surface area contributed by atoms with Crippen LogP contribution in [-0.2, 0) is 64.4 Å². The summed E-state index contributed by atoms with van der Waals surface area (Å²) in [5, 5.41) is 37.2. The van der Waals surface area contributed by atoms with Crippen LogP contribution in [0.15, 0.2) is 97.2 Å². The number of pyridine rings is 1. The summed E-state index contributed by atoms with van der Waals surface area (Å²) in [6.45, 7) is 13.4. The van der Waals surface area contributed by atoms with E-state index in [0.717, 1.165) is 70.5 Å². The van der Waals surface area contributed by atoms with Gasteiger partial charge in [0.1, 0.15) is 12.4 Å². The quantitative estimate of drug-likeness (QED) is 0.0149. The number of nitrogens with zero attached hydrogens (tertiary/aromatic N) is 8. The number of Topliss-reactive ketones (excluding diaryl/α,β-unsaturated/α-hetero) is 1. The largest absolute Gasteiger partial charge is 0.480 e. The number of piperidine rings is 1. The predicted octanol–water partition coefficient (Wildman–Crippen LogP) is 10.3. The number of nitrogens with two attached hydrogens (primary N) is 1. The third-order valence-electron chi connectivity index (χ3n) is 22.2. The number of para-hydroxylation sites is 1. The number of urea groups is 1. The SMILES string of the molecule is Cc1c(-c2ccc(N3CCc4cccc(C(=O)Nc5nc6ccccc6s5)c4C3)nc2C(=O)O)cnn1CC12CC3(C)CC(C)(C1)CC(OCCN(C(=O)OCc1ccc(NC(=O)[C@H](CCCNC(N)=O)CC(=O)[C@@H](NC(=O)CCCCCN4C(=O)C=CC4=O)C(C)C)cc1)C1CCN(CC(=O)O)CC1)(C3)C2. The Labute approximate surface area is 625 Å². The molecule has 107 heavy (non-hydrogen) atoms. The molecular weight excluding hydrogens is 1390 g/mol. The maximum Gasteiger partial charge on any atom is 0.410 e. The van der Waals surface area contributed by atoms with Gasteiger partial charge in [-0.15, -0.1) is 0 Å². The molecule has 0 spiro atoms. The number of ether oxygens (including phenoxy) is 2. The Balaban J connectivity index is 0.675. The smallest absolute Gasteiger partial charge is 0.410 e. The van der Waals surface area contributed by atoms with Gasteiger partial charge in [-0.3, -0.25) is 53.4 Å². The fourth-order valence-corrected chi connectivity index (χ4v) is 19.3. The first-order valence-corrected chi connectivity index (χ1v) is 38.1. The van der Waals surface area contributed by atoms with Crippen LogP contribution in [0, 0.1) is 35.0 Å². The number of ketones is 1. The summed E-state index contributed by atoms with van der Waals surface area (Å²) in [5.74, 6) is -4.87. The Kier molecular flexibility index (Phi) is 23.4. The fraction of sp³-hybridized carbons (Fsp3) is 0.506. The summed E-state index contributed by atoms with van der Waals surface area (Å²) < 4.78 is 16.3. The van der Waals surface area contributed by atoms with Gasteiger partial charge in [-0.25, -0.2) is 24.4 Å². The van der Waals surface area contributed by atoms with Crippen LogP contribution >= 0.6 is 11.3 Å². The Bertz CT molecular complexity index is 4340. The van der Waals surface area contributed by atoms with Gasteiger partial charge in [0, 0.05) is 117 Å². The number of anilines is 3. The van der Waals surface area contributed by atoms with Gasteiger partial charge in [-0.2, -0.15) is 5.10 Å². The Morgan fingerprint density at radius 3 is 2.24 bits per heavy atom. The predicted molar refractivity (Wildman–Crippen MR) is 401 cm³/mol. The zero-order valence-corrected chi connectivity index (χ0v) is 62.3. The van der Waals surface area contributed by atoms with E-state index in [2.05, 4.69) is 40.1 Å². The molecule has 5 fully saturated rings. The molecule has 3 aliphatic heterocycles. The molecule has 1 saturated heterocycles. The molecule has 8 N–H and O–H groups in total. The van der Waals surface area contributed by atoms with Gasteiger partial charge in [-0.05, 0) is 172 Å². The zero-order chi connectivity index (χ0) is 76.0. The molecule has 3 aromatic carbocycles. The number of imide groups is 1. The minimum absolute atomic E-state index is 0.0538. The van der Waals surface area contributed by atoms with E-state index in [1.165, 1.54) is 23.5 Å². The minimum atomic E-state index is -1.17. The Morgan fingerprint density at radius 1 is 0.804 bits per heavy atom. The first-order valence-electron chi connectivity index (χ1n) is 37.2. The van der Waals surface area contributed by atoms with Crippen LogP contribution in [0.1, 0.15) is 167 Å². The highest BCUT2D eigenvalue weighted by Crippen LogP contribution is 2.72. The number of primary amides is 1. The minimum Gasteiger partial charge on any atom is -0.480 e. The molecule has 2 unspecified atom stereocenters. The van der Waals surface area contributed by atoms with E-state index in [1.807, 2.05) is 69.9 Å². The number of carbonyl (C=O) groups is 10. The highest BCUT2D eigenvalue weighted by molar-refractivity contribution is 7.22. The van der Waals surface area contributed by atoms with Crippen LogP contribution < -0.4 is 31.9 Å². The van der Waals surface area contributed by atoms with Gasteiger partial charge in [0.25, 0.3) is 17.7 Å². The first-order chi connectivity index (χ1) is 51.1. The third-order valence-corrected chi connectivity index (χ3v) is 23.2. The van der Waals surface area contributed by atoms with Crippen molar-refractivity contribution in [3.05, 3.63) is 131 Å². The average Bonchev–Trinajstić information content (AvgIpc) is 0.770. The number of carboxylic acid groups (broad SMARTS) is 2. The van der Waals surface area contributed by atoms with Crippen molar-refractivity contribution >= 4 is 97.6 Å². The molecule has 4 aliphatic carbocycles. The molecule has 4 saturated carbocycles. The monoisotopic (exact) mass is 1480 g/mol. The van der Waals surface area contributed by atoms with E-state index < -0.39 is 47.5 Å². The molecular formula is C79H97N13O14S. The summed E-state index contributed by atoms with van der Waals surface area (Å²) in [6.07, 6.45) is 12.8. The molecule has 6 heterocycles. The number of unbranched alkanes of at least 4 members (excludes halogenated alkanes) is 2. The van der Waals surface area contributed by atoms with Gasteiger partial charge in [-0.1, -0.05) is 81.9 Å². The molecule has 6 aromatic rings. The zero-order valence-electron chi connectivity index (χ0n) is 61.5. The molecule has 4 atom stereocenters. The molecule has 28 heteroatoms. The fourth-order valence-electron chi connectivity index (χ4n) is 18.4. The summed E-state index contributed by atoms with van der Waals surface area (Å²) in [7, 11) is 0. The normalized spacial score (nSPS) is 21.7. The van der Waals surface area contributed by atoms with Gasteiger partial charge in [0.15, 0.2) is 16.6 Å². The van der Waals surface area contributed by atoms with Crippen LogP contribution in [0.4, 0.5) is 26.2 Å². The number of benzene rings is 3. The summed E-state index contributed by atoms with van der Waals surface area (Å²) in [5.41, 5.74) is 10.6. The number of aromatic carboxylic acids is 1. The van der Waals surface area contributed by atoms with Crippen molar-refractivity contribution < 1.29 is 67.6 Å². The van der Waals surface area contributed by atoms with Crippen LogP contribution in [0.5, 0.6) is 0 Å². The lowest BCUT2D eigenvalue weighted by molar-refractivity contribution is -0.249. The summed E-state index contributed by atoms with van der Waals surface area (Å²) in [4.78, 5) is 146. The number of carboxylic acids is 2. The van der Waals surface area contributed by atoms with Gasteiger partial charge in [0.05, 0.1) is 41.2 Å². The van der Waals surface area contributed by atoms with Crippen LogP contribution in [-0.4, -0.2) is 174 Å². The molecule has 8 amide bonds. The summed E-state index contributed by atoms with van der Waals surface area (Å²) >= 11 is 1.41. The highest BCUT2D eigenvalue weighted by atomic mass is 32.1. The number of amides is 8. The number of hydrogen-bond donors (Lipinski definition) is 7. The molecule has 568 valence electrons. The van der Waals surface area contributed by atoms with E-state index in [0.29, 0.717) is 117 Å². The summed E-state index contributed by atoms with van der Waals surface area (Å²) in [6, 6.07) is 22.0. The van der Waals surface area contributed by atoms with E-state index in [1.54, 1.807) is 55.3 Å². The van der Waals surface area contributed by atoms with Gasteiger partial charge < -0.3 is 51.2 Å². The lowest BCUT2D eigenvalue weighted by Crippen LogP contribution is -2.64. The number of hydrogen-bond acceptors (Lipinski definition) is 18. The van der Waals surface area contributed by atoms with Crippen molar-refractivity contribution in [2.24, 2.45) is 33.8 Å². The number of aliphatic carboxylic acids is 1. The molecule has 13 rings (SSSR count). The Morgan fingerprint density at radius 2 is 1.54 bits per heavy atom. The van der Waals surface area contributed by atoms with Crippen molar-refractivity contribution in [3.63, 3.8) is 0 Å². The maximum atomic E-state index is 14.5. The lowest BCUT2D eigenvalue weighted by Gasteiger charge is -2.69. The first kappa shape index (κ1) is 76.7. The van der Waals surface area contributed by atoms with E-state index in [9.17, 15) is 58.2 Å². The topological polar surface area (TPSA) is 360 Å².